The van der Waals surface area contributed by atoms with Crippen molar-refractivity contribution in [1.82, 2.24) is 4.98 Å². The predicted octanol–water partition coefficient (Wildman–Crippen LogP) is 4.79. The van der Waals surface area contributed by atoms with Crippen molar-refractivity contribution in [2.45, 2.75) is 6.92 Å². The first-order chi connectivity index (χ1) is 10.5. The summed E-state index contributed by atoms with van der Waals surface area (Å²) < 4.78 is 0. The van der Waals surface area contributed by atoms with Gasteiger partial charge in [-0.3, -0.25) is 4.79 Å². The number of amides is 1. The Labute approximate surface area is 140 Å². The summed E-state index contributed by atoms with van der Waals surface area (Å²) in [6.07, 6.45) is 0. The molecule has 22 heavy (non-hydrogen) atoms. The molecule has 7 heteroatoms. The lowest BCUT2D eigenvalue weighted by molar-refractivity contribution is 0.102. The first-order valence-corrected chi connectivity index (χ1v) is 8.43. The number of phenols is 1. The third kappa shape index (κ3) is 2.99. The van der Waals surface area contributed by atoms with Crippen molar-refractivity contribution >= 4 is 45.9 Å². The molecule has 3 rings (SSSR count). The zero-order valence-electron chi connectivity index (χ0n) is 11.5. The summed E-state index contributed by atoms with van der Waals surface area (Å²) in [5.74, 6) is -0.339. The molecule has 0 aliphatic heterocycles. The topological polar surface area (TPSA) is 62.2 Å². The van der Waals surface area contributed by atoms with Crippen LogP contribution in [0.1, 0.15) is 15.4 Å². The second-order valence-corrected chi connectivity index (χ2v) is 6.91. The SMILES string of the molecule is Cc1nc(-c2cccs2)sc1C(=O)Nc1cc(Cl)ccc1O. The molecule has 112 valence electrons. The first kappa shape index (κ1) is 15.0. The average molecular weight is 351 g/mol. The molecule has 0 saturated carbocycles. The smallest absolute Gasteiger partial charge is 0.267 e. The van der Waals surface area contributed by atoms with Crippen molar-refractivity contribution in [2.24, 2.45) is 0 Å². The molecule has 0 unspecified atom stereocenters. The highest BCUT2D eigenvalue weighted by Crippen LogP contribution is 2.32. The lowest BCUT2D eigenvalue weighted by Gasteiger charge is -2.06. The van der Waals surface area contributed by atoms with E-state index in [1.807, 2.05) is 17.5 Å². The Balaban J connectivity index is 1.88. The number of thiazole rings is 1. The number of aryl methyl sites for hydroxylation is 1. The molecule has 4 nitrogen and oxygen atoms in total. The third-order valence-electron chi connectivity index (χ3n) is 2.94. The number of aromatic hydroxyl groups is 1. The van der Waals surface area contributed by atoms with E-state index in [0.717, 1.165) is 9.88 Å². The number of rotatable bonds is 3. The largest absolute Gasteiger partial charge is 0.506 e. The number of thiophene rings is 1. The minimum atomic E-state index is -0.310. The minimum Gasteiger partial charge on any atom is -0.506 e. The van der Waals surface area contributed by atoms with E-state index in [9.17, 15) is 9.90 Å². The second kappa shape index (κ2) is 6.08. The van der Waals surface area contributed by atoms with Gasteiger partial charge in [0.05, 0.1) is 16.3 Å². The molecule has 1 amide bonds. The zero-order chi connectivity index (χ0) is 15.7. The molecule has 0 aliphatic carbocycles. The highest BCUT2D eigenvalue weighted by molar-refractivity contribution is 7.22. The van der Waals surface area contributed by atoms with Crippen LogP contribution >= 0.6 is 34.3 Å². The van der Waals surface area contributed by atoms with Gasteiger partial charge in [-0.15, -0.1) is 22.7 Å². The van der Waals surface area contributed by atoms with E-state index >= 15 is 0 Å². The summed E-state index contributed by atoms with van der Waals surface area (Å²) in [6, 6.07) is 8.41. The van der Waals surface area contributed by atoms with Crippen LogP contribution in [-0.2, 0) is 0 Å². The Morgan fingerprint density at radius 1 is 1.36 bits per heavy atom. The molecular weight excluding hydrogens is 340 g/mol. The van der Waals surface area contributed by atoms with Crippen molar-refractivity contribution in [3.05, 3.63) is 51.3 Å². The van der Waals surface area contributed by atoms with Gasteiger partial charge < -0.3 is 10.4 Å². The quantitative estimate of drug-likeness (QED) is 0.667. The molecule has 2 aromatic heterocycles. The van der Waals surface area contributed by atoms with Crippen LogP contribution in [0.25, 0.3) is 9.88 Å². The van der Waals surface area contributed by atoms with E-state index in [4.69, 9.17) is 11.6 Å². The van der Waals surface area contributed by atoms with E-state index in [0.29, 0.717) is 15.6 Å². The number of carbonyl (C=O) groups is 1. The molecule has 0 atom stereocenters. The van der Waals surface area contributed by atoms with Crippen LogP contribution < -0.4 is 5.32 Å². The minimum absolute atomic E-state index is 0.0293. The Hall–Kier alpha value is -1.89. The van der Waals surface area contributed by atoms with Crippen molar-refractivity contribution in [2.75, 3.05) is 5.32 Å². The molecule has 2 heterocycles. The summed E-state index contributed by atoms with van der Waals surface area (Å²) >= 11 is 8.78. The number of hydrogen-bond donors (Lipinski definition) is 2. The first-order valence-electron chi connectivity index (χ1n) is 6.36. The van der Waals surface area contributed by atoms with E-state index in [2.05, 4.69) is 10.3 Å². The van der Waals surface area contributed by atoms with Gasteiger partial charge in [-0.1, -0.05) is 17.7 Å². The summed E-state index contributed by atoms with van der Waals surface area (Å²) in [6.45, 7) is 1.79. The number of halogens is 1. The maximum Gasteiger partial charge on any atom is 0.267 e. The fourth-order valence-corrected chi connectivity index (χ4v) is 3.83. The van der Waals surface area contributed by atoms with Gasteiger partial charge in [0.15, 0.2) is 0 Å². The Morgan fingerprint density at radius 2 is 2.18 bits per heavy atom. The summed E-state index contributed by atoms with van der Waals surface area (Å²) in [5, 5.41) is 15.7. The van der Waals surface area contributed by atoms with Crippen LogP contribution in [0.2, 0.25) is 5.02 Å². The third-order valence-corrected chi connectivity index (χ3v) is 5.37. The summed E-state index contributed by atoms with van der Waals surface area (Å²) in [4.78, 5) is 18.4. The number of nitrogens with one attached hydrogen (secondary N) is 1. The lowest BCUT2D eigenvalue weighted by Crippen LogP contribution is -2.11. The Kier molecular flexibility index (Phi) is 4.15. The molecule has 2 N–H and O–H groups in total. The maximum absolute atomic E-state index is 12.4. The van der Waals surface area contributed by atoms with Crippen LogP contribution in [0.5, 0.6) is 5.75 Å². The molecule has 0 fully saturated rings. The van der Waals surface area contributed by atoms with Gasteiger partial charge in [0.25, 0.3) is 5.91 Å². The highest BCUT2D eigenvalue weighted by Gasteiger charge is 2.18. The van der Waals surface area contributed by atoms with Crippen LogP contribution in [0.4, 0.5) is 5.69 Å². The van der Waals surface area contributed by atoms with Crippen molar-refractivity contribution in [3.63, 3.8) is 0 Å². The van der Waals surface area contributed by atoms with Crippen molar-refractivity contribution < 1.29 is 9.90 Å². The van der Waals surface area contributed by atoms with Gasteiger partial charge >= 0.3 is 0 Å². The molecule has 1 aromatic carbocycles. The second-order valence-electron chi connectivity index (χ2n) is 4.53. The van der Waals surface area contributed by atoms with Crippen LogP contribution in [0.15, 0.2) is 35.7 Å². The van der Waals surface area contributed by atoms with Gasteiger partial charge in [0, 0.05) is 5.02 Å². The Bertz CT molecular complexity index is 828. The molecule has 0 radical (unpaired) electrons. The van der Waals surface area contributed by atoms with E-state index in [1.165, 1.54) is 23.5 Å². The lowest BCUT2D eigenvalue weighted by atomic mass is 10.3. The normalized spacial score (nSPS) is 10.6. The fraction of sp³-hybridized carbons (Fsp3) is 0.0667. The van der Waals surface area contributed by atoms with Gasteiger partial charge in [0.1, 0.15) is 15.6 Å². The number of nitrogens with zero attached hydrogens (tertiary/aromatic N) is 1. The van der Waals surface area contributed by atoms with Gasteiger partial charge in [0.2, 0.25) is 0 Å². The fourth-order valence-electron chi connectivity index (χ4n) is 1.90. The van der Waals surface area contributed by atoms with E-state index in [1.54, 1.807) is 24.3 Å². The average Bonchev–Trinajstić information content (AvgIpc) is 3.11. The number of hydrogen-bond acceptors (Lipinski definition) is 5. The molecule has 0 saturated heterocycles. The van der Waals surface area contributed by atoms with Gasteiger partial charge in [-0.2, -0.15) is 0 Å². The molecular formula is C15H11ClN2O2S2. The number of carbonyl (C=O) groups excluding carboxylic acids is 1. The number of anilines is 1. The zero-order valence-corrected chi connectivity index (χ0v) is 13.9. The van der Waals surface area contributed by atoms with Gasteiger partial charge in [-0.05, 0) is 36.6 Å². The number of aromatic nitrogens is 1. The van der Waals surface area contributed by atoms with E-state index in [-0.39, 0.29) is 17.3 Å². The molecule has 3 aromatic rings. The molecule has 0 bridgehead atoms. The standard InChI is InChI=1S/C15H11ClN2O2S2/c1-8-13(22-15(17-8)12-3-2-6-21-12)14(20)18-10-7-9(16)4-5-11(10)19/h2-7,19H,1H3,(H,18,20). The van der Waals surface area contributed by atoms with E-state index < -0.39 is 0 Å². The number of benzene rings is 1. The van der Waals surface area contributed by atoms with Crippen molar-refractivity contribution in [3.8, 4) is 15.6 Å². The maximum atomic E-state index is 12.4. The van der Waals surface area contributed by atoms with Crippen molar-refractivity contribution in [1.29, 1.82) is 0 Å². The monoisotopic (exact) mass is 350 g/mol. The highest BCUT2D eigenvalue weighted by atomic mass is 35.5. The predicted molar refractivity (Wildman–Crippen MR) is 91.2 cm³/mol. The number of phenolic OH excluding ortho intramolecular Hbond substituents is 1. The van der Waals surface area contributed by atoms with Crippen LogP contribution in [0.3, 0.4) is 0 Å². The summed E-state index contributed by atoms with van der Waals surface area (Å²) in [5.41, 5.74) is 0.940. The summed E-state index contributed by atoms with van der Waals surface area (Å²) in [7, 11) is 0. The van der Waals surface area contributed by atoms with Gasteiger partial charge in [-0.25, -0.2) is 4.98 Å². The van der Waals surface area contributed by atoms with Crippen LogP contribution in [-0.4, -0.2) is 16.0 Å². The Morgan fingerprint density at radius 3 is 2.91 bits per heavy atom. The molecule has 0 spiro atoms. The van der Waals surface area contributed by atoms with Crippen LogP contribution in [0, 0.1) is 6.92 Å². The molecule has 0 aliphatic rings.